The maximum Gasteiger partial charge on any atom is 0.252 e. The third-order valence-corrected chi connectivity index (χ3v) is 5.53. The lowest BCUT2D eigenvalue weighted by molar-refractivity contribution is -0.134. The highest BCUT2D eigenvalue weighted by molar-refractivity contribution is 5.95. The van der Waals surface area contributed by atoms with E-state index in [1.165, 1.54) is 0 Å². The number of benzene rings is 1. The molecule has 0 saturated heterocycles. The van der Waals surface area contributed by atoms with Gasteiger partial charge in [0.05, 0.1) is 5.56 Å². The largest absolute Gasteiger partial charge is 0.489 e. The fourth-order valence-electron chi connectivity index (χ4n) is 4.99. The zero-order chi connectivity index (χ0) is 14.6. The summed E-state index contributed by atoms with van der Waals surface area (Å²) in [5.41, 5.74) is 4.87. The normalized spacial score (nSPS) is 40.2. The lowest BCUT2D eigenvalue weighted by Crippen LogP contribution is -2.56. The standard InChI is InChI=1S/C17H20FNO2/c18-17-7-10-5-11(8-17)15(12(6-10)9-17)21-14-4-2-1-3-13(14)16(19)20/h1-4,10-12,15H,5-9H2,(H2,19,20). The topological polar surface area (TPSA) is 52.3 Å². The molecule has 0 spiro atoms. The van der Waals surface area contributed by atoms with Gasteiger partial charge in [-0.15, -0.1) is 0 Å². The van der Waals surface area contributed by atoms with Crippen LogP contribution >= 0.6 is 0 Å². The number of hydrogen-bond acceptors (Lipinski definition) is 2. The minimum atomic E-state index is -0.959. The molecule has 1 amide bonds. The molecule has 1 aromatic carbocycles. The molecular formula is C17H20FNO2. The van der Waals surface area contributed by atoms with Crippen molar-refractivity contribution in [2.24, 2.45) is 23.5 Å². The van der Waals surface area contributed by atoms with Gasteiger partial charge in [-0.1, -0.05) is 12.1 Å². The fourth-order valence-corrected chi connectivity index (χ4v) is 4.99. The van der Waals surface area contributed by atoms with Gasteiger partial charge in [0.25, 0.3) is 5.91 Å². The van der Waals surface area contributed by atoms with Gasteiger partial charge in [0.15, 0.2) is 0 Å². The summed E-state index contributed by atoms with van der Waals surface area (Å²) in [5.74, 6) is 1.16. The van der Waals surface area contributed by atoms with Crippen molar-refractivity contribution in [1.82, 2.24) is 0 Å². The summed E-state index contributed by atoms with van der Waals surface area (Å²) in [6.07, 6.45) is 4.13. The van der Waals surface area contributed by atoms with Crippen LogP contribution in [0.1, 0.15) is 42.5 Å². The van der Waals surface area contributed by atoms with Gasteiger partial charge in [-0.25, -0.2) is 4.39 Å². The van der Waals surface area contributed by atoms with Gasteiger partial charge in [-0.3, -0.25) is 4.79 Å². The molecule has 4 aliphatic rings. The number of carbonyl (C=O) groups is 1. The van der Waals surface area contributed by atoms with E-state index in [0.29, 0.717) is 30.1 Å². The molecular weight excluding hydrogens is 269 g/mol. The first-order chi connectivity index (χ1) is 10.0. The van der Waals surface area contributed by atoms with Crippen molar-refractivity contribution in [2.45, 2.75) is 43.9 Å². The van der Waals surface area contributed by atoms with E-state index in [1.807, 2.05) is 6.07 Å². The van der Waals surface area contributed by atoms with Crippen LogP contribution in [0.25, 0.3) is 0 Å². The Bertz CT molecular complexity index is 572. The first kappa shape index (κ1) is 13.1. The molecule has 2 unspecified atom stereocenters. The van der Waals surface area contributed by atoms with E-state index in [9.17, 15) is 9.18 Å². The lowest BCUT2D eigenvalue weighted by Gasteiger charge is -2.56. The van der Waals surface area contributed by atoms with Gasteiger partial charge in [0, 0.05) is 0 Å². The van der Waals surface area contributed by atoms with Crippen LogP contribution in [0.5, 0.6) is 5.75 Å². The van der Waals surface area contributed by atoms with Gasteiger partial charge in [-0.2, -0.15) is 0 Å². The van der Waals surface area contributed by atoms with Crippen LogP contribution in [0, 0.1) is 17.8 Å². The number of hydrogen-bond donors (Lipinski definition) is 1. The quantitative estimate of drug-likeness (QED) is 0.929. The predicted octanol–water partition coefficient (Wildman–Crippen LogP) is 3.08. The van der Waals surface area contributed by atoms with E-state index in [2.05, 4.69) is 0 Å². The number of amides is 1. The summed E-state index contributed by atoms with van der Waals surface area (Å²) in [6, 6.07) is 7.09. The second-order valence-corrected chi connectivity index (χ2v) is 7.06. The summed E-state index contributed by atoms with van der Waals surface area (Å²) in [5, 5.41) is 0. The number of primary amides is 1. The Kier molecular flexibility index (Phi) is 2.78. The maximum atomic E-state index is 14.7. The van der Waals surface area contributed by atoms with Gasteiger partial charge in [0.2, 0.25) is 0 Å². The molecule has 112 valence electrons. The fraction of sp³-hybridized carbons (Fsp3) is 0.588. The van der Waals surface area contributed by atoms with Crippen molar-refractivity contribution in [3.05, 3.63) is 29.8 Å². The predicted molar refractivity (Wildman–Crippen MR) is 76.8 cm³/mol. The van der Waals surface area contributed by atoms with E-state index >= 15 is 0 Å². The monoisotopic (exact) mass is 289 g/mol. The third-order valence-electron chi connectivity index (χ3n) is 5.53. The van der Waals surface area contributed by atoms with Crippen LogP contribution in [0.3, 0.4) is 0 Å². The van der Waals surface area contributed by atoms with Crippen molar-refractivity contribution in [3.63, 3.8) is 0 Å². The molecule has 5 rings (SSSR count). The Hall–Kier alpha value is -1.58. The van der Waals surface area contributed by atoms with Crippen LogP contribution in [-0.2, 0) is 0 Å². The lowest BCUT2D eigenvalue weighted by atomic mass is 9.53. The molecule has 4 heteroatoms. The first-order valence-corrected chi connectivity index (χ1v) is 7.78. The molecule has 0 aromatic heterocycles. The van der Waals surface area contributed by atoms with E-state index < -0.39 is 11.6 Å². The van der Waals surface area contributed by atoms with Crippen LogP contribution < -0.4 is 10.5 Å². The van der Waals surface area contributed by atoms with Crippen LogP contribution in [-0.4, -0.2) is 17.7 Å². The van der Waals surface area contributed by atoms with Crippen molar-refractivity contribution in [3.8, 4) is 5.75 Å². The number of nitrogens with two attached hydrogens (primary N) is 1. The molecule has 2 atom stereocenters. The summed E-state index contributed by atoms with van der Waals surface area (Å²) in [6.45, 7) is 0. The summed E-state index contributed by atoms with van der Waals surface area (Å²) in [7, 11) is 0. The molecule has 4 bridgehead atoms. The number of rotatable bonds is 3. The summed E-state index contributed by atoms with van der Waals surface area (Å²) in [4.78, 5) is 11.5. The Balaban J connectivity index is 1.60. The number of halogens is 1. The van der Waals surface area contributed by atoms with Gasteiger partial charge >= 0.3 is 0 Å². The van der Waals surface area contributed by atoms with E-state index in [0.717, 1.165) is 19.3 Å². The molecule has 4 fully saturated rings. The summed E-state index contributed by atoms with van der Waals surface area (Å²) < 4.78 is 20.8. The zero-order valence-electron chi connectivity index (χ0n) is 11.9. The number of alkyl halides is 1. The van der Waals surface area contributed by atoms with Crippen molar-refractivity contribution < 1.29 is 13.9 Å². The highest BCUT2D eigenvalue weighted by Gasteiger charge is 2.57. The number of carbonyl (C=O) groups excluding carboxylic acids is 1. The average molecular weight is 289 g/mol. The number of ether oxygens (including phenoxy) is 1. The van der Waals surface area contributed by atoms with Crippen molar-refractivity contribution >= 4 is 5.91 Å². The number of para-hydroxylation sites is 1. The molecule has 2 N–H and O–H groups in total. The molecule has 21 heavy (non-hydrogen) atoms. The second kappa shape index (κ2) is 4.46. The van der Waals surface area contributed by atoms with E-state index in [-0.39, 0.29) is 17.9 Å². The minimum absolute atomic E-state index is 0.0333. The van der Waals surface area contributed by atoms with Crippen LogP contribution in [0.15, 0.2) is 24.3 Å². The zero-order valence-corrected chi connectivity index (χ0v) is 11.9. The Labute approximate surface area is 123 Å². The van der Waals surface area contributed by atoms with Crippen LogP contribution in [0.4, 0.5) is 4.39 Å². The van der Waals surface area contributed by atoms with Crippen molar-refractivity contribution in [1.29, 1.82) is 0 Å². The molecule has 0 radical (unpaired) electrons. The first-order valence-electron chi connectivity index (χ1n) is 7.78. The third kappa shape index (κ3) is 2.12. The second-order valence-electron chi connectivity index (χ2n) is 7.06. The SMILES string of the molecule is NC(=O)c1ccccc1OC1C2CC3CC1CC(F)(C3)C2. The van der Waals surface area contributed by atoms with Crippen LogP contribution in [0.2, 0.25) is 0 Å². The minimum Gasteiger partial charge on any atom is -0.489 e. The van der Waals surface area contributed by atoms with E-state index in [1.54, 1.807) is 18.2 Å². The Morgan fingerprint density at radius 1 is 1.19 bits per heavy atom. The van der Waals surface area contributed by atoms with Crippen molar-refractivity contribution in [2.75, 3.05) is 0 Å². The average Bonchev–Trinajstić information content (AvgIpc) is 2.41. The Morgan fingerprint density at radius 2 is 1.86 bits per heavy atom. The molecule has 0 aliphatic heterocycles. The highest BCUT2D eigenvalue weighted by atomic mass is 19.1. The molecule has 1 aromatic rings. The summed E-state index contributed by atoms with van der Waals surface area (Å²) >= 11 is 0. The highest BCUT2D eigenvalue weighted by Crippen LogP contribution is 2.58. The van der Waals surface area contributed by atoms with Gasteiger partial charge in [0.1, 0.15) is 17.5 Å². The molecule has 3 nitrogen and oxygen atoms in total. The maximum absolute atomic E-state index is 14.7. The smallest absolute Gasteiger partial charge is 0.252 e. The molecule has 4 aliphatic carbocycles. The molecule has 0 heterocycles. The van der Waals surface area contributed by atoms with Gasteiger partial charge in [-0.05, 0) is 62.0 Å². The van der Waals surface area contributed by atoms with E-state index in [4.69, 9.17) is 10.5 Å². The van der Waals surface area contributed by atoms with Gasteiger partial charge < -0.3 is 10.5 Å². The Morgan fingerprint density at radius 3 is 2.48 bits per heavy atom. The molecule has 4 saturated carbocycles.